The van der Waals surface area contributed by atoms with Crippen LogP contribution in [0.1, 0.15) is 19.8 Å². The van der Waals surface area contributed by atoms with Crippen molar-refractivity contribution in [1.82, 2.24) is 5.32 Å². The highest BCUT2D eigenvalue weighted by molar-refractivity contribution is 6.62. The molecule has 1 rings (SSSR count). The summed E-state index contributed by atoms with van der Waals surface area (Å²) in [5.74, 6) is -0.491. The fraction of sp³-hybridized carbons (Fsp3) is 0.789. The third kappa shape index (κ3) is 6.24. The van der Waals surface area contributed by atoms with Crippen molar-refractivity contribution in [2.45, 2.75) is 31.5 Å². The fourth-order valence-corrected chi connectivity index (χ4v) is 8.52. The van der Waals surface area contributed by atoms with Crippen molar-refractivity contribution < 1.29 is 45.4 Å². The number of nitrogens with one attached hydrogen (secondary N) is 1. The van der Waals surface area contributed by atoms with E-state index in [1.807, 2.05) is 0 Å². The van der Waals surface area contributed by atoms with E-state index < -0.39 is 23.6 Å². The van der Waals surface area contributed by atoms with Crippen LogP contribution in [0.3, 0.4) is 0 Å². The minimum atomic E-state index is -3.10. The molecule has 0 aromatic heterocycles. The van der Waals surface area contributed by atoms with Crippen LogP contribution in [-0.2, 0) is 36.1 Å². The van der Waals surface area contributed by atoms with Gasteiger partial charge < -0.3 is 36.6 Å². The van der Waals surface area contributed by atoms with Crippen LogP contribution in [0.2, 0.25) is 6.04 Å². The Hall–Kier alpha value is -1.17. The second-order valence-electron chi connectivity index (χ2n) is 7.55. The Bertz CT molecular complexity index is 628. The molecule has 0 radical (unpaired) electrons. The quantitative estimate of drug-likeness (QED) is 0.117. The Morgan fingerprint density at radius 1 is 1.00 bits per heavy atom. The average molecular weight is 496 g/mol. The van der Waals surface area contributed by atoms with Crippen LogP contribution in [-0.4, -0.2) is 109 Å². The Kier molecular flexibility index (Phi) is 11.6. The third-order valence-electron chi connectivity index (χ3n) is 6.00. The molecule has 13 heteroatoms. The van der Waals surface area contributed by atoms with Crippen LogP contribution in [0.25, 0.3) is 0 Å². The summed E-state index contributed by atoms with van der Waals surface area (Å²) in [6.45, 7) is 6.44. The Labute approximate surface area is 193 Å². The molecule has 1 aliphatic rings. The van der Waals surface area contributed by atoms with Gasteiger partial charge in [-0.1, -0.05) is 6.58 Å². The van der Waals surface area contributed by atoms with Gasteiger partial charge in [-0.25, -0.2) is 14.1 Å². The molecule has 11 nitrogen and oxygen atoms in total. The molecule has 2 amide bonds. The van der Waals surface area contributed by atoms with Gasteiger partial charge in [0.1, 0.15) is 6.61 Å². The monoisotopic (exact) mass is 495 g/mol. The standard InChI is InChI=1S/C19H38N2O9Si2/c1-16(2)18(22)30-14-11-20-19(23)21(12-9-15-31(24-3,25-4)26-5)13-10-17(21)32(27-6,28-7)29-8/h17H,1,9-15H2,2-8H3/p+1. The lowest BCUT2D eigenvalue weighted by molar-refractivity contribution is -0.907. The zero-order valence-electron chi connectivity index (χ0n) is 20.4. The van der Waals surface area contributed by atoms with Crippen molar-refractivity contribution in [3.05, 3.63) is 12.2 Å². The number of carbonyl (C=O) groups is 2. The van der Waals surface area contributed by atoms with Crippen molar-refractivity contribution in [2.24, 2.45) is 0 Å². The maximum absolute atomic E-state index is 13.4. The van der Waals surface area contributed by atoms with Crippen LogP contribution < -0.4 is 5.32 Å². The number of carbonyl (C=O) groups excluding carboxylic acids is 2. The first kappa shape index (κ1) is 28.9. The summed E-state index contributed by atoms with van der Waals surface area (Å²) in [6, 6.07) is 0.351. The Balaban J connectivity index is 2.97. The van der Waals surface area contributed by atoms with Gasteiger partial charge in [-0.05, 0) is 6.92 Å². The lowest BCUT2D eigenvalue weighted by atomic mass is 10.1. The molecule has 0 saturated carbocycles. The lowest BCUT2D eigenvalue weighted by Gasteiger charge is -2.52. The van der Waals surface area contributed by atoms with Gasteiger partial charge in [0.25, 0.3) is 0 Å². The van der Waals surface area contributed by atoms with Gasteiger partial charge in [0, 0.05) is 60.7 Å². The molecule has 1 aliphatic heterocycles. The molecule has 1 saturated heterocycles. The number of ether oxygens (including phenoxy) is 1. The average Bonchev–Trinajstić information content (AvgIpc) is 2.79. The van der Waals surface area contributed by atoms with Crippen molar-refractivity contribution >= 4 is 29.6 Å². The maximum atomic E-state index is 13.4. The highest BCUT2D eigenvalue weighted by Gasteiger charge is 2.67. The number of hydrogen-bond acceptors (Lipinski definition) is 9. The van der Waals surface area contributed by atoms with Gasteiger partial charge >= 0.3 is 29.6 Å². The van der Waals surface area contributed by atoms with Gasteiger partial charge in [-0.15, -0.1) is 0 Å². The molecule has 32 heavy (non-hydrogen) atoms. The van der Waals surface area contributed by atoms with E-state index in [1.54, 1.807) is 49.6 Å². The van der Waals surface area contributed by atoms with Crippen molar-refractivity contribution in [1.29, 1.82) is 0 Å². The first-order valence-corrected chi connectivity index (χ1v) is 14.2. The fourth-order valence-electron chi connectivity index (χ4n) is 4.04. The summed E-state index contributed by atoms with van der Waals surface area (Å²) in [4.78, 5) is 24.9. The van der Waals surface area contributed by atoms with Crippen molar-refractivity contribution in [3.63, 3.8) is 0 Å². The van der Waals surface area contributed by atoms with Gasteiger partial charge in [-0.2, -0.15) is 0 Å². The number of nitrogens with zero attached hydrogens (tertiary/aromatic N) is 1. The Morgan fingerprint density at radius 2 is 1.56 bits per heavy atom. The summed E-state index contributed by atoms with van der Waals surface area (Å²) < 4.78 is 38.8. The summed E-state index contributed by atoms with van der Waals surface area (Å²) in [5.41, 5.74) is 0.0463. The topological polar surface area (TPSA) is 111 Å². The molecule has 0 aromatic rings. The number of esters is 1. The minimum absolute atomic E-state index is 0.0521. The molecule has 1 N–H and O–H groups in total. The van der Waals surface area contributed by atoms with Gasteiger partial charge in [0.05, 0.1) is 26.1 Å². The normalized spacial score (nSPS) is 21.0. The zero-order valence-corrected chi connectivity index (χ0v) is 22.4. The van der Waals surface area contributed by atoms with Crippen LogP contribution in [0.15, 0.2) is 12.2 Å². The van der Waals surface area contributed by atoms with E-state index in [-0.39, 0.29) is 29.3 Å². The van der Waals surface area contributed by atoms with E-state index in [0.717, 1.165) is 6.42 Å². The van der Waals surface area contributed by atoms with Crippen LogP contribution in [0.4, 0.5) is 4.79 Å². The Morgan fingerprint density at radius 3 is 1.97 bits per heavy atom. The number of amides is 2. The van der Waals surface area contributed by atoms with E-state index >= 15 is 0 Å². The number of urea groups is 1. The zero-order chi connectivity index (χ0) is 24.4. The largest absolute Gasteiger partial charge is 0.562 e. The minimum Gasteiger partial charge on any atom is -0.460 e. The first-order valence-electron chi connectivity index (χ1n) is 10.4. The highest BCUT2D eigenvalue weighted by atomic mass is 28.4. The van der Waals surface area contributed by atoms with Gasteiger partial charge in [0.2, 0.25) is 0 Å². The van der Waals surface area contributed by atoms with Crippen LogP contribution >= 0.6 is 0 Å². The molecule has 1 heterocycles. The highest BCUT2D eigenvalue weighted by Crippen LogP contribution is 2.37. The van der Waals surface area contributed by atoms with E-state index in [0.29, 0.717) is 31.1 Å². The van der Waals surface area contributed by atoms with E-state index in [9.17, 15) is 9.59 Å². The molecule has 2 atom stereocenters. The number of quaternary nitrogens is 1. The second-order valence-corrected chi connectivity index (χ2v) is 13.7. The molecule has 0 bridgehead atoms. The van der Waals surface area contributed by atoms with Gasteiger partial charge in [-0.3, -0.25) is 0 Å². The second kappa shape index (κ2) is 12.9. The molecule has 0 aromatic carbocycles. The first-order chi connectivity index (χ1) is 15.2. The number of likely N-dealkylation sites (tertiary alicyclic amines) is 1. The van der Waals surface area contributed by atoms with Crippen LogP contribution in [0.5, 0.6) is 0 Å². The van der Waals surface area contributed by atoms with Crippen molar-refractivity contribution in [2.75, 3.05) is 68.9 Å². The molecule has 2 unspecified atom stereocenters. The molecular weight excluding hydrogens is 456 g/mol. The smallest absolute Gasteiger partial charge is 0.460 e. The summed E-state index contributed by atoms with van der Waals surface area (Å²) in [5, 5.41) is 2.88. The molecule has 1 fully saturated rings. The predicted molar refractivity (Wildman–Crippen MR) is 121 cm³/mol. The third-order valence-corrected chi connectivity index (χ3v) is 12.1. The summed E-state index contributed by atoms with van der Waals surface area (Å²) in [7, 11) is 3.44. The summed E-state index contributed by atoms with van der Waals surface area (Å²) >= 11 is 0. The SMILES string of the molecule is C=C(C)C(=O)OCCNC(=O)[N+]1(CCC[Si](OC)(OC)OC)CCC1[Si](OC)(OC)OC. The summed E-state index contributed by atoms with van der Waals surface area (Å²) in [6.07, 6.45) is 1.35. The molecule has 186 valence electrons. The van der Waals surface area contributed by atoms with E-state index in [1.165, 1.54) is 0 Å². The number of hydrogen-bond donors (Lipinski definition) is 1. The number of rotatable bonds is 15. The molecule has 0 aliphatic carbocycles. The van der Waals surface area contributed by atoms with E-state index in [4.69, 9.17) is 31.3 Å². The molecule has 0 spiro atoms. The van der Waals surface area contributed by atoms with Crippen LogP contribution in [0, 0.1) is 0 Å². The van der Waals surface area contributed by atoms with E-state index in [2.05, 4.69) is 11.9 Å². The maximum Gasteiger partial charge on any atom is 0.562 e. The lowest BCUT2D eigenvalue weighted by Crippen LogP contribution is -2.80. The van der Waals surface area contributed by atoms with Gasteiger partial charge in [0.15, 0.2) is 5.67 Å². The predicted octanol–water partition coefficient (Wildman–Crippen LogP) is 1.09. The molecular formula is C19H39N2O9Si2+. The van der Waals surface area contributed by atoms with Crippen molar-refractivity contribution in [3.8, 4) is 0 Å².